The van der Waals surface area contributed by atoms with Gasteiger partial charge in [-0.05, 0) is 40.9 Å². The third-order valence-electron chi connectivity index (χ3n) is 3.08. The summed E-state index contributed by atoms with van der Waals surface area (Å²) in [5.41, 5.74) is 0.528. The molecule has 1 heterocycles. The summed E-state index contributed by atoms with van der Waals surface area (Å²) in [5, 5.41) is 13.4. The minimum atomic E-state index is -0.477. The maximum Gasteiger partial charge on any atom is 0.0771 e. The first-order chi connectivity index (χ1) is 7.68. The number of aliphatic hydroxyl groups is 1. The van der Waals surface area contributed by atoms with Gasteiger partial charge < -0.3 is 10.4 Å². The molecule has 1 aliphatic rings. The van der Waals surface area contributed by atoms with E-state index in [4.69, 9.17) is 0 Å². The molecule has 0 aromatic carbocycles. The molecular formula is C12H17BrN2O. The van der Waals surface area contributed by atoms with Crippen LogP contribution in [0.5, 0.6) is 0 Å². The van der Waals surface area contributed by atoms with Gasteiger partial charge in [-0.25, -0.2) is 0 Å². The van der Waals surface area contributed by atoms with Gasteiger partial charge in [0.05, 0.1) is 11.3 Å². The third-order valence-corrected chi connectivity index (χ3v) is 3.55. The normalized spacial score (nSPS) is 18.9. The molecule has 0 aliphatic heterocycles. The first-order valence-corrected chi connectivity index (χ1v) is 6.51. The Kier molecular flexibility index (Phi) is 3.95. The Balaban J connectivity index is 1.77. The van der Waals surface area contributed by atoms with Crippen LogP contribution in [0.2, 0.25) is 0 Å². The van der Waals surface area contributed by atoms with Crippen LogP contribution in [0.25, 0.3) is 0 Å². The Morgan fingerprint density at radius 1 is 1.38 bits per heavy atom. The fourth-order valence-corrected chi connectivity index (χ4v) is 2.38. The van der Waals surface area contributed by atoms with Gasteiger partial charge in [-0.1, -0.05) is 12.8 Å². The van der Waals surface area contributed by atoms with Crippen LogP contribution in [0.3, 0.4) is 0 Å². The molecular weight excluding hydrogens is 268 g/mol. The van der Waals surface area contributed by atoms with Crippen LogP contribution in [0.1, 0.15) is 31.4 Å². The standard InChI is InChI=1S/C12H17BrN2O/c13-10-3-4-11(15-7-10)8-14-9-12(16)5-1-2-6-12/h3-4,7,14,16H,1-2,5-6,8-9H2. The fourth-order valence-electron chi connectivity index (χ4n) is 2.14. The molecule has 1 aliphatic carbocycles. The lowest BCUT2D eigenvalue weighted by Crippen LogP contribution is -2.37. The highest BCUT2D eigenvalue weighted by Gasteiger charge is 2.30. The Hall–Kier alpha value is -0.450. The summed E-state index contributed by atoms with van der Waals surface area (Å²) in [6, 6.07) is 3.96. The highest BCUT2D eigenvalue weighted by Crippen LogP contribution is 2.28. The third kappa shape index (κ3) is 3.27. The van der Waals surface area contributed by atoms with E-state index < -0.39 is 5.60 Å². The molecule has 2 rings (SSSR count). The van der Waals surface area contributed by atoms with Crippen molar-refractivity contribution in [2.45, 2.75) is 37.8 Å². The van der Waals surface area contributed by atoms with Gasteiger partial charge in [0.1, 0.15) is 0 Å². The molecule has 3 nitrogen and oxygen atoms in total. The summed E-state index contributed by atoms with van der Waals surface area (Å²) >= 11 is 3.35. The van der Waals surface area contributed by atoms with Crippen molar-refractivity contribution in [2.24, 2.45) is 0 Å². The first-order valence-electron chi connectivity index (χ1n) is 5.72. The maximum atomic E-state index is 10.1. The number of hydrogen-bond donors (Lipinski definition) is 2. The minimum Gasteiger partial charge on any atom is -0.389 e. The Bertz CT molecular complexity index is 333. The summed E-state index contributed by atoms with van der Waals surface area (Å²) < 4.78 is 0.991. The van der Waals surface area contributed by atoms with Gasteiger partial charge in [-0.2, -0.15) is 0 Å². The summed E-state index contributed by atoms with van der Waals surface area (Å²) in [5.74, 6) is 0. The molecule has 1 fully saturated rings. The van der Waals surface area contributed by atoms with E-state index in [0.717, 1.165) is 42.4 Å². The molecule has 16 heavy (non-hydrogen) atoms. The molecule has 0 amide bonds. The molecule has 0 saturated heterocycles. The van der Waals surface area contributed by atoms with E-state index in [0.29, 0.717) is 6.54 Å². The van der Waals surface area contributed by atoms with Gasteiger partial charge >= 0.3 is 0 Å². The second-order valence-corrected chi connectivity index (χ2v) is 5.42. The van der Waals surface area contributed by atoms with Crippen LogP contribution < -0.4 is 5.32 Å². The van der Waals surface area contributed by atoms with Crippen LogP contribution in [-0.2, 0) is 6.54 Å². The average Bonchev–Trinajstić information content (AvgIpc) is 2.69. The van der Waals surface area contributed by atoms with Gasteiger partial charge in [0.15, 0.2) is 0 Å². The smallest absolute Gasteiger partial charge is 0.0771 e. The first kappa shape index (κ1) is 12.0. The molecule has 0 spiro atoms. The lowest BCUT2D eigenvalue weighted by atomic mass is 10.0. The molecule has 0 bridgehead atoms. The van der Waals surface area contributed by atoms with Crippen LogP contribution >= 0.6 is 15.9 Å². The molecule has 1 aromatic rings. The summed E-state index contributed by atoms with van der Waals surface area (Å²) in [6.45, 7) is 1.39. The lowest BCUT2D eigenvalue weighted by Gasteiger charge is -2.22. The van der Waals surface area contributed by atoms with Crippen molar-refractivity contribution in [3.63, 3.8) is 0 Å². The zero-order valence-electron chi connectivity index (χ0n) is 9.25. The van der Waals surface area contributed by atoms with Crippen molar-refractivity contribution >= 4 is 15.9 Å². The summed E-state index contributed by atoms with van der Waals surface area (Å²) in [4.78, 5) is 4.27. The van der Waals surface area contributed by atoms with Crippen molar-refractivity contribution in [3.8, 4) is 0 Å². The molecule has 0 radical (unpaired) electrons. The second kappa shape index (κ2) is 5.25. The molecule has 0 atom stereocenters. The predicted molar refractivity (Wildman–Crippen MR) is 67.1 cm³/mol. The molecule has 0 unspecified atom stereocenters. The molecule has 2 N–H and O–H groups in total. The number of pyridine rings is 1. The van der Waals surface area contributed by atoms with E-state index in [2.05, 4.69) is 26.2 Å². The number of halogens is 1. The monoisotopic (exact) mass is 284 g/mol. The SMILES string of the molecule is OC1(CNCc2ccc(Br)cn2)CCCC1. The van der Waals surface area contributed by atoms with Crippen molar-refractivity contribution in [2.75, 3.05) is 6.54 Å². The second-order valence-electron chi connectivity index (χ2n) is 4.50. The van der Waals surface area contributed by atoms with Gasteiger partial charge in [0.25, 0.3) is 0 Å². The topological polar surface area (TPSA) is 45.1 Å². The van der Waals surface area contributed by atoms with E-state index in [1.54, 1.807) is 6.20 Å². The van der Waals surface area contributed by atoms with Gasteiger partial charge in [-0.3, -0.25) is 4.98 Å². The van der Waals surface area contributed by atoms with Crippen LogP contribution in [0, 0.1) is 0 Å². The quantitative estimate of drug-likeness (QED) is 0.891. The highest BCUT2D eigenvalue weighted by atomic mass is 79.9. The van der Waals surface area contributed by atoms with Crippen molar-refractivity contribution in [1.29, 1.82) is 0 Å². The molecule has 1 saturated carbocycles. The van der Waals surface area contributed by atoms with Crippen molar-refractivity contribution in [3.05, 3.63) is 28.5 Å². The van der Waals surface area contributed by atoms with Gasteiger partial charge in [-0.15, -0.1) is 0 Å². The average molecular weight is 285 g/mol. The van der Waals surface area contributed by atoms with Crippen LogP contribution in [0.4, 0.5) is 0 Å². The van der Waals surface area contributed by atoms with Crippen molar-refractivity contribution in [1.82, 2.24) is 10.3 Å². The molecule has 4 heteroatoms. The van der Waals surface area contributed by atoms with Gasteiger partial charge in [0.2, 0.25) is 0 Å². The summed E-state index contributed by atoms with van der Waals surface area (Å²) in [7, 11) is 0. The van der Waals surface area contributed by atoms with E-state index in [-0.39, 0.29) is 0 Å². The number of nitrogens with one attached hydrogen (secondary N) is 1. The lowest BCUT2D eigenvalue weighted by molar-refractivity contribution is 0.0474. The van der Waals surface area contributed by atoms with E-state index in [1.807, 2.05) is 12.1 Å². The number of aromatic nitrogens is 1. The van der Waals surface area contributed by atoms with E-state index in [1.165, 1.54) is 0 Å². The minimum absolute atomic E-state index is 0.477. The number of hydrogen-bond acceptors (Lipinski definition) is 3. The number of nitrogens with zero attached hydrogens (tertiary/aromatic N) is 1. The predicted octanol–water partition coefficient (Wildman–Crippen LogP) is 2.24. The number of rotatable bonds is 4. The zero-order valence-corrected chi connectivity index (χ0v) is 10.8. The molecule has 88 valence electrons. The largest absolute Gasteiger partial charge is 0.389 e. The summed E-state index contributed by atoms with van der Waals surface area (Å²) in [6.07, 6.45) is 5.94. The zero-order chi connectivity index (χ0) is 11.4. The van der Waals surface area contributed by atoms with Gasteiger partial charge in [0, 0.05) is 23.8 Å². The Morgan fingerprint density at radius 3 is 2.75 bits per heavy atom. The fraction of sp³-hybridized carbons (Fsp3) is 0.583. The van der Waals surface area contributed by atoms with Crippen LogP contribution in [0.15, 0.2) is 22.8 Å². The van der Waals surface area contributed by atoms with Crippen LogP contribution in [-0.4, -0.2) is 22.2 Å². The van der Waals surface area contributed by atoms with Crippen molar-refractivity contribution < 1.29 is 5.11 Å². The van der Waals surface area contributed by atoms with E-state index >= 15 is 0 Å². The van der Waals surface area contributed by atoms with E-state index in [9.17, 15) is 5.11 Å². The highest BCUT2D eigenvalue weighted by molar-refractivity contribution is 9.10. The Labute approximate surface area is 104 Å². The maximum absolute atomic E-state index is 10.1. The molecule has 1 aromatic heterocycles. The Morgan fingerprint density at radius 2 is 2.12 bits per heavy atom.